The van der Waals surface area contributed by atoms with Crippen LogP contribution in [0.15, 0.2) is 72.3 Å². The van der Waals surface area contributed by atoms with Crippen molar-refractivity contribution in [1.29, 1.82) is 0 Å². The molecule has 5 heteroatoms. The van der Waals surface area contributed by atoms with E-state index in [2.05, 4.69) is 11.3 Å². The van der Waals surface area contributed by atoms with Crippen LogP contribution in [-0.2, 0) is 10.0 Å². The Morgan fingerprint density at radius 2 is 1.79 bits per heavy atom. The summed E-state index contributed by atoms with van der Waals surface area (Å²) in [6, 6.07) is 14.8. The Kier molecular flexibility index (Phi) is 3.87. The summed E-state index contributed by atoms with van der Waals surface area (Å²) in [5.41, 5.74) is 0.434. The van der Waals surface area contributed by atoms with Gasteiger partial charge >= 0.3 is 0 Å². The summed E-state index contributed by atoms with van der Waals surface area (Å²) in [6.07, 6.45) is 1.28. The molecule has 0 bridgehead atoms. The first kappa shape index (κ1) is 13.2. The van der Waals surface area contributed by atoms with E-state index < -0.39 is 10.0 Å². The topological polar surface area (TPSA) is 55.4 Å². The smallest absolute Gasteiger partial charge is 0.261 e. The third-order valence-corrected chi connectivity index (χ3v) is 3.76. The molecule has 0 atom stereocenters. The van der Waals surface area contributed by atoms with Gasteiger partial charge in [0.15, 0.2) is 0 Å². The minimum Gasteiger partial charge on any atom is -0.466 e. The van der Waals surface area contributed by atoms with E-state index in [1.165, 1.54) is 18.4 Å². The number of anilines is 1. The molecule has 19 heavy (non-hydrogen) atoms. The highest BCUT2D eigenvalue weighted by molar-refractivity contribution is 7.92. The van der Waals surface area contributed by atoms with E-state index in [1.807, 2.05) is 0 Å². The quantitative estimate of drug-likeness (QED) is 0.853. The Labute approximate surface area is 112 Å². The molecular weight excluding hydrogens is 262 g/mol. The Morgan fingerprint density at radius 3 is 2.47 bits per heavy atom. The minimum atomic E-state index is -3.58. The molecule has 0 fully saturated rings. The monoisotopic (exact) mass is 275 g/mol. The number of benzene rings is 2. The SMILES string of the molecule is C=COc1cccc(NS(=O)(=O)c2ccccc2)c1. The van der Waals surface area contributed by atoms with Crippen molar-refractivity contribution in [2.45, 2.75) is 4.90 Å². The van der Waals surface area contributed by atoms with E-state index in [-0.39, 0.29) is 4.90 Å². The second-order valence-electron chi connectivity index (χ2n) is 3.73. The van der Waals surface area contributed by atoms with Crippen molar-refractivity contribution < 1.29 is 13.2 Å². The van der Waals surface area contributed by atoms with E-state index >= 15 is 0 Å². The summed E-state index contributed by atoms with van der Waals surface area (Å²) < 4.78 is 31.8. The van der Waals surface area contributed by atoms with Crippen molar-refractivity contribution >= 4 is 15.7 Å². The Balaban J connectivity index is 2.26. The maximum absolute atomic E-state index is 12.1. The average Bonchev–Trinajstić information content (AvgIpc) is 2.40. The maximum atomic E-state index is 12.1. The fourth-order valence-electron chi connectivity index (χ4n) is 1.54. The average molecular weight is 275 g/mol. The number of hydrogen-bond acceptors (Lipinski definition) is 3. The van der Waals surface area contributed by atoms with Crippen LogP contribution in [0.3, 0.4) is 0 Å². The zero-order chi connectivity index (χ0) is 13.7. The van der Waals surface area contributed by atoms with E-state index in [4.69, 9.17) is 4.74 Å². The zero-order valence-corrected chi connectivity index (χ0v) is 10.9. The lowest BCUT2D eigenvalue weighted by molar-refractivity contribution is 0.484. The van der Waals surface area contributed by atoms with Gasteiger partial charge in [0, 0.05) is 6.07 Å². The van der Waals surface area contributed by atoms with Crippen LogP contribution in [0, 0.1) is 0 Å². The Bertz CT molecular complexity index is 666. The predicted molar refractivity (Wildman–Crippen MR) is 74.5 cm³/mol. The molecule has 1 N–H and O–H groups in total. The third kappa shape index (κ3) is 3.35. The van der Waals surface area contributed by atoms with E-state index in [1.54, 1.807) is 42.5 Å². The molecule has 4 nitrogen and oxygen atoms in total. The second-order valence-corrected chi connectivity index (χ2v) is 5.41. The molecule has 0 aliphatic heterocycles. The summed E-state index contributed by atoms with van der Waals surface area (Å²) in [5, 5.41) is 0. The van der Waals surface area contributed by atoms with E-state index in [0.29, 0.717) is 11.4 Å². The van der Waals surface area contributed by atoms with Crippen LogP contribution >= 0.6 is 0 Å². The Hall–Kier alpha value is -2.27. The van der Waals surface area contributed by atoms with E-state index in [0.717, 1.165) is 0 Å². The minimum absolute atomic E-state index is 0.213. The van der Waals surface area contributed by atoms with Crippen molar-refractivity contribution in [3.05, 3.63) is 67.4 Å². The number of sulfonamides is 1. The lowest BCUT2D eigenvalue weighted by atomic mass is 10.3. The molecule has 2 aromatic rings. The summed E-state index contributed by atoms with van der Waals surface area (Å²) in [5.74, 6) is 0.517. The molecule has 0 aliphatic rings. The van der Waals surface area contributed by atoms with Gasteiger partial charge in [0.2, 0.25) is 0 Å². The van der Waals surface area contributed by atoms with Gasteiger partial charge in [-0.2, -0.15) is 0 Å². The van der Waals surface area contributed by atoms with Gasteiger partial charge in [0.1, 0.15) is 5.75 Å². The maximum Gasteiger partial charge on any atom is 0.261 e. The van der Waals surface area contributed by atoms with Gasteiger partial charge in [-0.15, -0.1) is 0 Å². The van der Waals surface area contributed by atoms with Crippen molar-refractivity contribution in [3.63, 3.8) is 0 Å². The van der Waals surface area contributed by atoms with Gasteiger partial charge in [-0.25, -0.2) is 8.42 Å². The first-order valence-electron chi connectivity index (χ1n) is 5.57. The van der Waals surface area contributed by atoms with Crippen LogP contribution in [0.5, 0.6) is 5.75 Å². The summed E-state index contributed by atoms with van der Waals surface area (Å²) in [7, 11) is -3.58. The molecule has 0 unspecified atom stereocenters. The molecule has 0 radical (unpaired) electrons. The van der Waals surface area contributed by atoms with Gasteiger partial charge < -0.3 is 4.74 Å². The van der Waals surface area contributed by atoms with Crippen molar-refractivity contribution in [1.82, 2.24) is 0 Å². The van der Waals surface area contributed by atoms with Crippen LogP contribution in [0.4, 0.5) is 5.69 Å². The highest BCUT2D eigenvalue weighted by atomic mass is 32.2. The summed E-state index contributed by atoms with van der Waals surface area (Å²) in [6.45, 7) is 3.45. The van der Waals surface area contributed by atoms with Crippen LogP contribution in [0.2, 0.25) is 0 Å². The van der Waals surface area contributed by atoms with Gasteiger partial charge in [-0.3, -0.25) is 4.72 Å². The number of rotatable bonds is 5. The lowest BCUT2D eigenvalue weighted by Gasteiger charge is -2.09. The molecule has 0 spiro atoms. The fraction of sp³-hybridized carbons (Fsp3) is 0. The predicted octanol–water partition coefficient (Wildman–Crippen LogP) is 3.01. The normalized spacial score (nSPS) is 10.7. The zero-order valence-electron chi connectivity index (χ0n) is 10.1. The molecular formula is C14H13NO3S. The van der Waals surface area contributed by atoms with Crippen LogP contribution < -0.4 is 9.46 Å². The van der Waals surface area contributed by atoms with Gasteiger partial charge in [-0.05, 0) is 24.3 Å². The van der Waals surface area contributed by atoms with Crippen LogP contribution in [0.25, 0.3) is 0 Å². The first-order chi connectivity index (χ1) is 9.12. The highest BCUT2D eigenvalue weighted by Gasteiger charge is 2.13. The molecule has 2 rings (SSSR count). The number of nitrogens with one attached hydrogen (secondary N) is 1. The van der Waals surface area contributed by atoms with Crippen LogP contribution in [0.1, 0.15) is 0 Å². The van der Waals surface area contributed by atoms with Gasteiger partial charge in [0.25, 0.3) is 10.0 Å². The van der Waals surface area contributed by atoms with Gasteiger partial charge in [-0.1, -0.05) is 30.8 Å². The molecule has 0 saturated carbocycles. The summed E-state index contributed by atoms with van der Waals surface area (Å²) in [4.78, 5) is 0.213. The fourth-order valence-corrected chi connectivity index (χ4v) is 2.61. The second kappa shape index (κ2) is 5.58. The van der Waals surface area contributed by atoms with Crippen molar-refractivity contribution in [2.75, 3.05) is 4.72 Å². The molecule has 0 aliphatic carbocycles. The Morgan fingerprint density at radius 1 is 1.05 bits per heavy atom. The largest absolute Gasteiger partial charge is 0.466 e. The standard InChI is InChI=1S/C14H13NO3S/c1-2-18-13-8-6-7-12(11-13)15-19(16,17)14-9-4-3-5-10-14/h2-11,15H,1H2. The molecule has 2 aromatic carbocycles. The van der Waals surface area contributed by atoms with E-state index in [9.17, 15) is 8.42 Å². The molecule has 98 valence electrons. The summed E-state index contributed by atoms with van der Waals surface area (Å²) >= 11 is 0. The lowest BCUT2D eigenvalue weighted by Crippen LogP contribution is -2.12. The first-order valence-corrected chi connectivity index (χ1v) is 7.05. The molecule has 0 amide bonds. The van der Waals surface area contributed by atoms with Crippen molar-refractivity contribution in [3.8, 4) is 5.75 Å². The van der Waals surface area contributed by atoms with Gasteiger partial charge in [0.05, 0.1) is 16.8 Å². The highest BCUT2D eigenvalue weighted by Crippen LogP contribution is 2.20. The number of ether oxygens (including phenoxy) is 1. The number of hydrogen-bond donors (Lipinski definition) is 1. The molecule has 0 heterocycles. The van der Waals surface area contributed by atoms with Crippen molar-refractivity contribution in [2.24, 2.45) is 0 Å². The van der Waals surface area contributed by atoms with Crippen LogP contribution in [-0.4, -0.2) is 8.42 Å². The molecule has 0 saturated heterocycles. The third-order valence-electron chi connectivity index (χ3n) is 2.36. The molecule has 0 aromatic heterocycles.